The zero-order valence-electron chi connectivity index (χ0n) is 10.2. The van der Waals surface area contributed by atoms with Crippen molar-refractivity contribution in [3.63, 3.8) is 0 Å². The van der Waals surface area contributed by atoms with Gasteiger partial charge in [-0.05, 0) is 12.1 Å². The molecule has 0 unspecified atom stereocenters. The molecule has 0 radical (unpaired) electrons. The number of aliphatic hydroxyl groups excluding tert-OH is 3. The number of carbonyl (C=O) groups excluding carboxylic acids is 1. The summed E-state index contributed by atoms with van der Waals surface area (Å²) in [5.74, 6) is -0.531. The topological polar surface area (TPSA) is 96.2 Å². The number of hydrogen-bond donors (Lipinski definition) is 3. The fourth-order valence-corrected chi connectivity index (χ4v) is 1.83. The highest BCUT2D eigenvalue weighted by Crippen LogP contribution is 2.16. The van der Waals surface area contributed by atoms with Gasteiger partial charge in [0.05, 0.1) is 12.2 Å². The highest BCUT2D eigenvalue weighted by molar-refractivity contribution is 5.89. The van der Waals surface area contributed by atoms with Crippen LogP contribution in [0, 0.1) is 0 Å². The Morgan fingerprint density at radius 3 is 2.58 bits per heavy atom. The van der Waals surface area contributed by atoms with Crippen LogP contribution in [0.2, 0.25) is 0 Å². The van der Waals surface area contributed by atoms with E-state index in [1.165, 1.54) is 0 Å². The van der Waals surface area contributed by atoms with Gasteiger partial charge in [-0.2, -0.15) is 0 Å². The summed E-state index contributed by atoms with van der Waals surface area (Å²) in [6, 6.07) is 8.42. The molecule has 0 saturated carbocycles. The largest absolute Gasteiger partial charge is 0.459 e. The lowest BCUT2D eigenvalue weighted by Crippen LogP contribution is -2.54. The molecule has 1 aliphatic rings. The maximum Gasteiger partial charge on any atom is 0.338 e. The van der Waals surface area contributed by atoms with Crippen LogP contribution >= 0.6 is 0 Å². The van der Waals surface area contributed by atoms with Crippen LogP contribution in [-0.4, -0.2) is 58.9 Å². The lowest BCUT2D eigenvalue weighted by molar-refractivity contribution is -0.195. The Bertz CT molecular complexity index is 420. The molecule has 3 N–H and O–H groups in total. The average Bonchev–Trinajstić information content (AvgIpc) is 2.45. The van der Waals surface area contributed by atoms with Crippen LogP contribution in [0.15, 0.2) is 30.3 Å². The van der Waals surface area contributed by atoms with E-state index in [2.05, 4.69) is 0 Å². The molecule has 0 amide bonds. The van der Waals surface area contributed by atoms with Crippen molar-refractivity contribution in [2.75, 3.05) is 13.2 Å². The average molecular weight is 268 g/mol. The quantitative estimate of drug-likeness (QED) is 0.629. The first-order chi connectivity index (χ1) is 9.09. The van der Waals surface area contributed by atoms with Gasteiger partial charge < -0.3 is 24.8 Å². The lowest BCUT2D eigenvalue weighted by atomic mass is 10.0. The van der Waals surface area contributed by atoms with Gasteiger partial charge in [0.1, 0.15) is 31.0 Å². The Morgan fingerprint density at radius 2 is 1.89 bits per heavy atom. The smallest absolute Gasteiger partial charge is 0.338 e. The molecule has 1 aromatic carbocycles. The van der Waals surface area contributed by atoms with Crippen molar-refractivity contribution < 1.29 is 29.6 Å². The van der Waals surface area contributed by atoms with Crippen LogP contribution < -0.4 is 0 Å². The van der Waals surface area contributed by atoms with E-state index in [1.54, 1.807) is 30.3 Å². The summed E-state index contributed by atoms with van der Waals surface area (Å²) in [6.45, 7) is -0.287. The van der Waals surface area contributed by atoms with Gasteiger partial charge in [0.2, 0.25) is 0 Å². The molecular formula is C13H16O6. The summed E-state index contributed by atoms with van der Waals surface area (Å²) in [6.07, 6.45) is -4.55. The molecule has 1 heterocycles. The molecule has 4 atom stereocenters. The molecule has 0 bridgehead atoms. The lowest BCUT2D eigenvalue weighted by Gasteiger charge is -2.34. The van der Waals surface area contributed by atoms with E-state index in [0.29, 0.717) is 5.56 Å². The van der Waals surface area contributed by atoms with E-state index >= 15 is 0 Å². The van der Waals surface area contributed by atoms with Crippen LogP contribution in [0.25, 0.3) is 0 Å². The molecule has 1 fully saturated rings. The maximum atomic E-state index is 11.7. The number of hydrogen-bond acceptors (Lipinski definition) is 6. The van der Waals surface area contributed by atoms with Crippen molar-refractivity contribution in [2.45, 2.75) is 24.4 Å². The first-order valence-electron chi connectivity index (χ1n) is 5.97. The van der Waals surface area contributed by atoms with Gasteiger partial charge in [0, 0.05) is 0 Å². The number of carbonyl (C=O) groups is 1. The van der Waals surface area contributed by atoms with Gasteiger partial charge in [-0.15, -0.1) is 0 Å². The molecule has 2 rings (SSSR count). The van der Waals surface area contributed by atoms with Gasteiger partial charge in [-0.3, -0.25) is 0 Å². The molecule has 19 heavy (non-hydrogen) atoms. The molecule has 1 saturated heterocycles. The van der Waals surface area contributed by atoms with E-state index in [9.17, 15) is 20.1 Å². The monoisotopic (exact) mass is 268 g/mol. The van der Waals surface area contributed by atoms with Crippen LogP contribution in [-0.2, 0) is 9.47 Å². The second kappa shape index (κ2) is 6.12. The minimum absolute atomic E-state index is 0.105. The summed E-state index contributed by atoms with van der Waals surface area (Å²) < 4.78 is 10.1. The molecule has 1 aliphatic heterocycles. The number of benzene rings is 1. The predicted molar refractivity (Wildman–Crippen MR) is 64.5 cm³/mol. The summed E-state index contributed by atoms with van der Waals surface area (Å²) in [5, 5.41) is 28.4. The Labute approximate surface area is 110 Å². The first-order valence-corrected chi connectivity index (χ1v) is 5.97. The number of ether oxygens (including phenoxy) is 2. The van der Waals surface area contributed by atoms with Gasteiger partial charge in [-0.1, -0.05) is 18.2 Å². The standard InChI is InChI=1S/C13H16O6/c14-9-6-18-10(12(16)11(9)15)7-19-13(17)8-4-2-1-3-5-8/h1-5,9-12,14-16H,6-7H2/t9-,10+,11+,12+/m0/s1. The fourth-order valence-electron chi connectivity index (χ4n) is 1.83. The van der Waals surface area contributed by atoms with Gasteiger partial charge in [0.15, 0.2) is 0 Å². The van der Waals surface area contributed by atoms with Crippen molar-refractivity contribution in [2.24, 2.45) is 0 Å². The molecule has 6 heteroatoms. The van der Waals surface area contributed by atoms with Crippen molar-refractivity contribution in [1.29, 1.82) is 0 Å². The number of aliphatic hydroxyl groups is 3. The third kappa shape index (κ3) is 3.30. The normalized spacial score (nSPS) is 30.9. The molecule has 104 valence electrons. The minimum Gasteiger partial charge on any atom is -0.459 e. The fraction of sp³-hybridized carbons (Fsp3) is 0.462. The Kier molecular flexibility index (Phi) is 4.49. The molecule has 0 aromatic heterocycles. The predicted octanol–water partition coefficient (Wildman–Crippen LogP) is -0.675. The van der Waals surface area contributed by atoms with E-state index in [4.69, 9.17) is 9.47 Å². The zero-order chi connectivity index (χ0) is 13.8. The van der Waals surface area contributed by atoms with Crippen LogP contribution in [0.3, 0.4) is 0 Å². The van der Waals surface area contributed by atoms with Gasteiger partial charge in [-0.25, -0.2) is 4.79 Å². The highest BCUT2D eigenvalue weighted by atomic mass is 16.6. The van der Waals surface area contributed by atoms with Gasteiger partial charge >= 0.3 is 5.97 Å². The third-order valence-electron chi connectivity index (χ3n) is 2.99. The van der Waals surface area contributed by atoms with Crippen molar-refractivity contribution in [1.82, 2.24) is 0 Å². The summed E-state index contributed by atoms with van der Waals surface area (Å²) in [4.78, 5) is 11.7. The second-order valence-electron chi connectivity index (χ2n) is 4.38. The Balaban J connectivity index is 1.87. The Hall–Kier alpha value is -1.47. The summed E-state index contributed by atoms with van der Waals surface area (Å²) in [5.41, 5.74) is 0.397. The first kappa shape index (κ1) is 14.0. The van der Waals surface area contributed by atoms with E-state index < -0.39 is 30.4 Å². The van der Waals surface area contributed by atoms with E-state index in [1.807, 2.05) is 0 Å². The number of esters is 1. The number of rotatable bonds is 3. The molecule has 6 nitrogen and oxygen atoms in total. The maximum absolute atomic E-state index is 11.7. The van der Waals surface area contributed by atoms with Crippen molar-refractivity contribution in [3.05, 3.63) is 35.9 Å². The Morgan fingerprint density at radius 1 is 1.21 bits per heavy atom. The van der Waals surface area contributed by atoms with E-state index in [0.717, 1.165) is 0 Å². The minimum atomic E-state index is -1.30. The molecule has 1 aromatic rings. The summed E-state index contributed by atoms with van der Waals surface area (Å²) in [7, 11) is 0. The molecule has 0 spiro atoms. The third-order valence-corrected chi connectivity index (χ3v) is 2.99. The van der Waals surface area contributed by atoms with Crippen molar-refractivity contribution in [3.8, 4) is 0 Å². The zero-order valence-corrected chi connectivity index (χ0v) is 10.2. The van der Waals surface area contributed by atoms with E-state index in [-0.39, 0.29) is 13.2 Å². The van der Waals surface area contributed by atoms with Crippen LogP contribution in [0.1, 0.15) is 10.4 Å². The molecular weight excluding hydrogens is 252 g/mol. The SMILES string of the molecule is O=C(OC[C@H]1OC[C@H](O)[C@@H](O)[C@@H]1O)c1ccccc1. The highest BCUT2D eigenvalue weighted by Gasteiger charge is 2.38. The van der Waals surface area contributed by atoms with Gasteiger partial charge in [0.25, 0.3) is 0 Å². The van der Waals surface area contributed by atoms with Crippen LogP contribution in [0.5, 0.6) is 0 Å². The molecule has 0 aliphatic carbocycles. The summed E-state index contributed by atoms with van der Waals surface area (Å²) >= 11 is 0. The second-order valence-corrected chi connectivity index (χ2v) is 4.38. The van der Waals surface area contributed by atoms with Crippen LogP contribution in [0.4, 0.5) is 0 Å². The van der Waals surface area contributed by atoms with Crippen molar-refractivity contribution >= 4 is 5.97 Å².